The fourth-order valence-corrected chi connectivity index (χ4v) is 4.71. The lowest BCUT2D eigenvalue weighted by molar-refractivity contribution is 0.208. The van der Waals surface area contributed by atoms with Crippen molar-refractivity contribution in [2.24, 2.45) is 5.92 Å². The third-order valence-electron chi connectivity index (χ3n) is 5.98. The molecule has 1 aromatic carbocycles. The number of aliphatic hydroxyl groups excluding tert-OH is 1. The van der Waals surface area contributed by atoms with Gasteiger partial charge in [-0.3, -0.25) is 4.98 Å². The zero-order chi connectivity index (χ0) is 21.4. The molecule has 1 aliphatic heterocycles. The zero-order valence-corrected chi connectivity index (χ0v) is 18.0. The van der Waals surface area contributed by atoms with Gasteiger partial charge in [-0.05, 0) is 43.9 Å². The molecule has 0 saturated carbocycles. The summed E-state index contributed by atoms with van der Waals surface area (Å²) in [6.45, 7) is 3.99. The summed E-state index contributed by atoms with van der Waals surface area (Å²) in [5.41, 5.74) is 4.37. The van der Waals surface area contributed by atoms with Gasteiger partial charge in [-0.2, -0.15) is 0 Å². The molecule has 0 amide bonds. The van der Waals surface area contributed by atoms with Crippen LogP contribution in [0.25, 0.3) is 22.1 Å². The minimum absolute atomic E-state index is 0.102. The van der Waals surface area contributed by atoms with E-state index >= 15 is 0 Å². The Morgan fingerprint density at radius 2 is 2.23 bits per heavy atom. The highest BCUT2D eigenvalue weighted by molar-refractivity contribution is 6.36. The molecule has 3 aromatic heterocycles. The molecule has 2 atom stereocenters. The van der Waals surface area contributed by atoms with Crippen LogP contribution in [0.1, 0.15) is 31.4 Å². The van der Waals surface area contributed by atoms with E-state index in [4.69, 9.17) is 16.6 Å². The van der Waals surface area contributed by atoms with Crippen LogP contribution >= 0.6 is 11.6 Å². The fourth-order valence-electron chi connectivity index (χ4n) is 4.44. The first-order valence-electron chi connectivity index (χ1n) is 10.5. The molecule has 1 fully saturated rings. The Balaban J connectivity index is 1.61. The number of imidazole rings is 1. The van der Waals surface area contributed by atoms with Crippen molar-refractivity contribution in [3.63, 3.8) is 0 Å². The van der Waals surface area contributed by atoms with Crippen LogP contribution in [-0.4, -0.2) is 49.7 Å². The molecule has 0 bridgehead atoms. The third-order valence-corrected chi connectivity index (χ3v) is 6.29. The number of halogens is 1. The highest BCUT2D eigenvalue weighted by Gasteiger charge is 2.26. The molecule has 1 saturated heterocycles. The molecule has 8 nitrogen and oxygen atoms in total. The van der Waals surface area contributed by atoms with Crippen LogP contribution in [-0.2, 0) is 0 Å². The average Bonchev–Trinajstić information content (AvgIpc) is 3.29. The lowest BCUT2D eigenvalue weighted by Gasteiger charge is -2.36. The molecular formula is C22H24ClN7O. The van der Waals surface area contributed by atoms with Crippen molar-refractivity contribution in [2.75, 3.05) is 29.9 Å². The highest BCUT2D eigenvalue weighted by Crippen LogP contribution is 2.40. The maximum atomic E-state index is 9.77. The topological polar surface area (TPSA) is 103 Å². The SMILES string of the molecule is CC(Nc1ncnc2nc[nH]c12)c1cc(Cl)c2cccnc2c1N1CCCC(CO)C1. The molecule has 31 heavy (non-hydrogen) atoms. The molecule has 3 N–H and O–H groups in total. The van der Waals surface area contributed by atoms with Gasteiger partial charge in [0, 0.05) is 36.8 Å². The Kier molecular flexibility index (Phi) is 5.33. The molecule has 4 heterocycles. The number of pyridine rings is 1. The molecule has 5 rings (SSSR count). The molecule has 0 aliphatic carbocycles. The average molecular weight is 438 g/mol. The van der Waals surface area contributed by atoms with Crippen LogP contribution < -0.4 is 10.2 Å². The van der Waals surface area contributed by atoms with E-state index in [1.165, 1.54) is 6.33 Å². The van der Waals surface area contributed by atoms with E-state index in [2.05, 4.69) is 37.1 Å². The molecule has 0 radical (unpaired) electrons. The predicted molar refractivity (Wildman–Crippen MR) is 122 cm³/mol. The Labute approximate surface area is 184 Å². The number of H-pyrrole nitrogens is 1. The van der Waals surface area contributed by atoms with Crippen LogP contribution in [0.5, 0.6) is 0 Å². The summed E-state index contributed by atoms with van der Waals surface area (Å²) in [5.74, 6) is 0.941. The van der Waals surface area contributed by atoms with Crippen LogP contribution in [0.15, 0.2) is 37.1 Å². The molecule has 0 spiro atoms. The first kappa shape index (κ1) is 20.0. The first-order chi connectivity index (χ1) is 15.2. The van der Waals surface area contributed by atoms with Crippen molar-refractivity contribution in [1.82, 2.24) is 24.9 Å². The molecule has 1 aliphatic rings. The number of hydrogen-bond acceptors (Lipinski definition) is 7. The van der Waals surface area contributed by atoms with E-state index in [0.717, 1.165) is 53.6 Å². The maximum absolute atomic E-state index is 9.77. The number of nitrogens with zero attached hydrogens (tertiary/aromatic N) is 5. The number of aromatic nitrogens is 5. The molecule has 2 unspecified atom stereocenters. The van der Waals surface area contributed by atoms with Crippen LogP contribution in [0.4, 0.5) is 11.5 Å². The Morgan fingerprint density at radius 3 is 3.10 bits per heavy atom. The van der Waals surface area contributed by atoms with Gasteiger partial charge in [0.2, 0.25) is 0 Å². The van der Waals surface area contributed by atoms with Crippen LogP contribution in [0.2, 0.25) is 5.02 Å². The van der Waals surface area contributed by atoms with Gasteiger partial charge in [-0.1, -0.05) is 11.6 Å². The van der Waals surface area contributed by atoms with E-state index in [0.29, 0.717) is 16.5 Å². The van der Waals surface area contributed by atoms with Gasteiger partial charge in [-0.15, -0.1) is 0 Å². The van der Waals surface area contributed by atoms with Gasteiger partial charge >= 0.3 is 0 Å². The number of hydrogen-bond donors (Lipinski definition) is 3. The van der Waals surface area contributed by atoms with Gasteiger partial charge in [0.25, 0.3) is 0 Å². The lowest BCUT2D eigenvalue weighted by Crippen LogP contribution is -2.38. The summed E-state index contributed by atoms with van der Waals surface area (Å²) in [7, 11) is 0. The second-order valence-electron chi connectivity index (χ2n) is 8.02. The van der Waals surface area contributed by atoms with E-state index in [1.54, 1.807) is 12.5 Å². The number of rotatable bonds is 5. The van der Waals surface area contributed by atoms with Crippen molar-refractivity contribution in [3.05, 3.63) is 47.6 Å². The van der Waals surface area contributed by atoms with Gasteiger partial charge in [0.05, 0.1) is 28.6 Å². The Morgan fingerprint density at radius 1 is 1.32 bits per heavy atom. The van der Waals surface area contributed by atoms with Crippen molar-refractivity contribution in [1.29, 1.82) is 0 Å². The monoisotopic (exact) mass is 437 g/mol. The van der Waals surface area contributed by atoms with E-state index in [1.807, 2.05) is 18.2 Å². The largest absolute Gasteiger partial charge is 0.396 e. The second kappa shape index (κ2) is 8.28. The van der Waals surface area contributed by atoms with Crippen molar-refractivity contribution in [3.8, 4) is 0 Å². The van der Waals surface area contributed by atoms with Gasteiger partial charge in [0.15, 0.2) is 11.5 Å². The summed E-state index contributed by atoms with van der Waals surface area (Å²) < 4.78 is 0. The predicted octanol–water partition coefficient (Wildman–Crippen LogP) is 3.94. The number of fused-ring (bicyclic) bond motifs is 2. The van der Waals surface area contributed by atoms with Gasteiger partial charge in [0.1, 0.15) is 11.8 Å². The smallest absolute Gasteiger partial charge is 0.182 e. The van der Waals surface area contributed by atoms with Crippen molar-refractivity contribution in [2.45, 2.75) is 25.8 Å². The van der Waals surface area contributed by atoms with Crippen molar-refractivity contribution < 1.29 is 5.11 Å². The van der Waals surface area contributed by atoms with E-state index in [-0.39, 0.29) is 18.6 Å². The molecule has 9 heteroatoms. The van der Waals surface area contributed by atoms with Crippen LogP contribution in [0.3, 0.4) is 0 Å². The second-order valence-corrected chi connectivity index (χ2v) is 8.43. The number of aromatic amines is 1. The van der Waals surface area contributed by atoms with E-state index < -0.39 is 0 Å². The number of nitrogens with one attached hydrogen (secondary N) is 2. The quantitative estimate of drug-likeness (QED) is 0.434. The summed E-state index contributed by atoms with van der Waals surface area (Å²) in [6, 6.07) is 5.83. The van der Waals surface area contributed by atoms with Crippen molar-refractivity contribution >= 4 is 45.2 Å². The third kappa shape index (κ3) is 3.66. The molecule has 160 valence electrons. The fraction of sp³-hybridized carbons (Fsp3) is 0.364. The maximum Gasteiger partial charge on any atom is 0.182 e. The standard InChI is InChI=1S/C22H24ClN7O/c1-13(29-22-19-21(26-11-25-19)27-12-28-22)16-8-17(23)15-5-2-6-24-18(15)20(16)30-7-3-4-14(9-30)10-31/h2,5-6,8,11-14,31H,3-4,7,9-10H2,1H3,(H2,25,26,27,28,29). The summed E-state index contributed by atoms with van der Waals surface area (Å²) in [4.78, 5) is 23.0. The lowest BCUT2D eigenvalue weighted by atomic mass is 9.95. The summed E-state index contributed by atoms with van der Waals surface area (Å²) in [5, 5.41) is 14.9. The minimum atomic E-state index is -0.102. The number of aliphatic hydroxyl groups is 1. The number of benzene rings is 1. The summed E-state index contributed by atoms with van der Waals surface area (Å²) >= 11 is 6.69. The molecule has 4 aromatic rings. The zero-order valence-electron chi connectivity index (χ0n) is 17.2. The van der Waals surface area contributed by atoms with Gasteiger partial charge < -0.3 is 20.3 Å². The molecular weight excluding hydrogens is 414 g/mol. The first-order valence-corrected chi connectivity index (χ1v) is 10.9. The highest BCUT2D eigenvalue weighted by atomic mass is 35.5. The Bertz CT molecular complexity index is 1230. The van der Waals surface area contributed by atoms with Crippen LogP contribution in [0, 0.1) is 5.92 Å². The normalized spacial score (nSPS) is 17.9. The number of piperidine rings is 1. The van der Waals surface area contributed by atoms with Gasteiger partial charge in [-0.25, -0.2) is 15.0 Å². The Hall–Kier alpha value is -2.97. The minimum Gasteiger partial charge on any atom is -0.396 e. The summed E-state index contributed by atoms with van der Waals surface area (Å²) in [6.07, 6.45) is 6.98. The number of anilines is 2. The van der Waals surface area contributed by atoms with E-state index in [9.17, 15) is 5.11 Å².